The molecule has 1 atom stereocenters. The zero-order chi connectivity index (χ0) is 11.5. The topological polar surface area (TPSA) is 48.1 Å². The van der Waals surface area contributed by atoms with E-state index in [1.54, 1.807) is 0 Å². The quantitative estimate of drug-likeness (QED) is 0.843. The summed E-state index contributed by atoms with van der Waals surface area (Å²) in [5, 5.41) is 0. The Kier molecular flexibility index (Phi) is 3.52. The molecule has 0 aliphatic carbocycles. The SMILES string of the molecule is COc1cccc(C(CN)C(F)(F)F)n1. The number of hydrogen-bond acceptors (Lipinski definition) is 3. The maximum Gasteiger partial charge on any atom is 0.398 e. The molecule has 1 rings (SSSR count). The maximum atomic E-state index is 12.5. The Bertz CT molecular complexity index is 327. The number of aromatic nitrogens is 1. The van der Waals surface area contributed by atoms with E-state index < -0.39 is 18.6 Å². The molecule has 1 aromatic heterocycles. The second-order valence-corrected chi connectivity index (χ2v) is 2.93. The molecule has 2 N–H and O–H groups in total. The third-order valence-electron chi connectivity index (χ3n) is 1.94. The minimum atomic E-state index is -4.38. The van der Waals surface area contributed by atoms with Crippen LogP contribution in [0, 0.1) is 0 Å². The molecule has 0 amide bonds. The maximum absolute atomic E-state index is 12.5. The van der Waals surface area contributed by atoms with Crippen molar-refractivity contribution in [3.05, 3.63) is 23.9 Å². The predicted molar refractivity (Wildman–Crippen MR) is 48.6 cm³/mol. The van der Waals surface area contributed by atoms with Gasteiger partial charge in [-0.25, -0.2) is 4.98 Å². The fourth-order valence-corrected chi connectivity index (χ4v) is 1.16. The number of ether oxygens (including phenoxy) is 1. The van der Waals surface area contributed by atoms with Crippen LogP contribution in [-0.2, 0) is 0 Å². The standard InChI is InChI=1S/C9H11F3N2O/c1-15-8-4-2-3-7(14-8)6(5-13)9(10,11)12/h2-4,6H,5,13H2,1H3. The van der Waals surface area contributed by atoms with Crippen molar-refractivity contribution in [2.24, 2.45) is 5.73 Å². The highest BCUT2D eigenvalue weighted by atomic mass is 19.4. The van der Waals surface area contributed by atoms with Gasteiger partial charge in [-0.05, 0) is 6.07 Å². The first-order chi connectivity index (χ1) is 6.99. The van der Waals surface area contributed by atoms with Crippen LogP contribution in [0.4, 0.5) is 13.2 Å². The van der Waals surface area contributed by atoms with Crippen LogP contribution in [0.2, 0.25) is 0 Å². The molecule has 3 nitrogen and oxygen atoms in total. The summed E-state index contributed by atoms with van der Waals surface area (Å²) in [6.07, 6.45) is -4.38. The van der Waals surface area contributed by atoms with Gasteiger partial charge in [0.2, 0.25) is 5.88 Å². The monoisotopic (exact) mass is 220 g/mol. The van der Waals surface area contributed by atoms with E-state index in [-0.39, 0.29) is 11.6 Å². The number of halogens is 3. The van der Waals surface area contributed by atoms with Crippen LogP contribution in [0.1, 0.15) is 11.6 Å². The van der Waals surface area contributed by atoms with E-state index in [9.17, 15) is 13.2 Å². The average Bonchev–Trinajstić information content (AvgIpc) is 2.17. The van der Waals surface area contributed by atoms with Crippen molar-refractivity contribution in [1.82, 2.24) is 4.98 Å². The smallest absolute Gasteiger partial charge is 0.398 e. The molecule has 0 fully saturated rings. The number of nitrogens with zero attached hydrogens (tertiary/aromatic N) is 1. The molecule has 15 heavy (non-hydrogen) atoms. The van der Waals surface area contributed by atoms with Gasteiger partial charge in [0.1, 0.15) is 5.92 Å². The Morgan fingerprint density at radius 1 is 1.47 bits per heavy atom. The number of alkyl halides is 3. The van der Waals surface area contributed by atoms with E-state index in [0.717, 1.165) is 0 Å². The summed E-state index contributed by atoms with van der Waals surface area (Å²) in [4.78, 5) is 3.71. The molecular formula is C9H11F3N2O. The molecule has 1 aromatic rings. The molecular weight excluding hydrogens is 209 g/mol. The number of rotatable bonds is 3. The van der Waals surface area contributed by atoms with Crippen molar-refractivity contribution >= 4 is 0 Å². The van der Waals surface area contributed by atoms with Crippen LogP contribution < -0.4 is 10.5 Å². The first kappa shape index (κ1) is 11.8. The Labute approximate surface area is 85.1 Å². The van der Waals surface area contributed by atoms with Crippen LogP contribution >= 0.6 is 0 Å². The normalized spacial score (nSPS) is 13.7. The summed E-state index contributed by atoms with van der Waals surface area (Å²) < 4.78 is 42.2. The van der Waals surface area contributed by atoms with Gasteiger partial charge in [0, 0.05) is 12.6 Å². The second kappa shape index (κ2) is 4.48. The van der Waals surface area contributed by atoms with Crippen molar-refractivity contribution in [2.75, 3.05) is 13.7 Å². The van der Waals surface area contributed by atoms with Gasteiger partial charge in [0.15, 0.2) is 0 Å². The lowest BCUT2D eigenvalue weighted by atomic mass is 10.0. The highest BCUT2D eigenvalue weighted by molar-refractivity contribution is 5.20. The molecule has 6 heteroatoms. The van der Waals surface area contributed by atoms with E-state index in [1.807, 2.05) is 0 Å². The molecule has 1 heterocycles. The van der Waals surface area contributed by atoms with Crippen molar-refractivity contribution in [3.8, 4) is 5.88 Å². The molecule has 0 aliphatic rings. The third-order valence-corrected chi connectivity index (χ3v) is 1.94. The predicted octanol–water partition coefficient (Wildman–Crippen LogP) is 1.69. The summed E-state index contributed by atoms with van der Waals surface area (Å²) in [5.74, 6) is -1.59. The molecule has 0 aromatic carbocycles. The summed E-state index contributed by atoms with van der Waals surface area (Å²) in [5.41, 5.74) is 4.96. The molecule has 0 spiro atoms. The van der Waals surface area contributed by atoms with E-state index in [0.29, 0.717) is 0 Å². The van der Waals surface area contributed by atoms with Crippen molar-refractivity contribution in [3.63, 3.8) is 0 Å². The van der Waals surface area contributed by atoms with Gasteiger partial charge in [-0.3, -0.25) is 0 Å². The minimum Gasteiger partial charge on any atom is -0.481 e. The summed E-state index contributed by atoms with van der Waals surface area (Å²) in [6.45, 7) is -0.524. The van der Waals surface area contributed by atoms with E-state index in [4.69, 9.17) is 10.5 Å². The Morgan fingerprint density at radius 3 is 2.60 bits per heavy atom. The molecule has 0 aliphatic heterocycles. The molecule has 0 saturated heterocycles. The average molecular weight is 220 g/mol. The lowest BCUT2D eigenvalue weighted by Gasteiger charge is -2.17. The van der Waals surface area contributed by atoms with E-state index in [2.05, 4.69) is 4.98 Å². The highest BCUT2D eigenvalue weighted by Crippen LogP contribution is 2.33. The van der Waals surface area contributed by atoms with Gasteiger partial charge in [-0.2, -0.15) is 13.2 Å². The van der Waals surface area contributed by atoms with Crippen molar-refractivity contribution in [1.29, 1.82) is 0 Å². The summed E-state index contributed by atoms with van der Waals surface area (Å²) >= 11 is 0. The van der Waals surface area contributed by atoms with Gasteiger partial charge in [-0.15, -0.1) is 0 Å². The van der Waals surface area contributed by atoms with Crippen LogP contribution in [-0.4, -0.2) is 24.8 Å². The molecule has 1 unspecified atom stereocenters. The third kappa shape index (κ3) is 2.82. The van der Waals surface area contributed by atoms with Gasteiger partial charge in [0.05, 0.1) is 12.8 Å². The lowest BCUT2D eigenvalue weighted by molar-refractivity contribution is -0.148. The van der Waals surface area contributed by atoms with Crippen LogP contribution in [0.25, 0.3) is 0 Å². The minimum absolute atomic E-state index is 0.121. The lowest BCUT2D eigenvalue weighted by Crippen LogP contribution is -2.28. The Hall–Kier alpha value is -1.30. The fourth-order valence-electron chi connectivity index (χ4n) is 1.16. The first-order valence-electron chi connectivity index (χ1n) is 4.26. The van der Waals surface area contributed by atoms with Crippen molar-refractivity contribution < 1.29 is 17.9 Å². The van der Waals surface area contributed by atoms with Crippen LogP contribution in [0.3, 0.4) is 0 Å². The summed E-state index contributed by atoms with van der Waals surface area (Å²) in [7, 11) is 1.34. The number of pyridine rings is 1. The molecule has 0 radical (unpaired) electrons. The molecule has 0 saturated carbocycles. The Morgan fingerprint density at radius 2 is 2.13 bits per heavy atom. The van der Waals surface area contributed by atoms with Gasteiger partial charge in [-0.1, -0.05) is 6.07 Å². The van der Waals surface area contributed by atoms with E-state index in [1.165, 1.54) is 25.3 Å². The fraction of sp³-hybridized carbons (Fsp3) is 0.444. The van der Waals surface area contributed by atoms with Crippen LogP contribution in [0.15, 0.2) is 18.2 Å². The molecule has 0 bridgehead atoms. The zero-order valence-electron chi connectivity index (χ0n) is 8.08. The molecule has 84 valence electrons. The number of methoxy groups -OCH3 is 1. The van der Waals surface area contributed by atoms with Gasteiger partial charge >= 0.3 is 6.18 Å². The van der Waals surface area contributed by atoms with E-state index >= 15 is 0 Å². The second-order valence-electron chi connectivity index (χ2n) is 2.93. The number of hydrogen-bond donors (Lipinski definition) is 1. The highest BCUT2D eigenvalue weighted by Gasteiger charge is 2.40. The van der Waals surface area contributed by atoms with Crippen LogP contribution in [0.5, 0.6) is 5.88 Å². The first-order valence-corrected chi connectivity index (χ1v) is 4.26. The van der Waals surface area contributed by atoms with Gasteiger partial charge in [0.25, 0.3) is 0 Å². The summed E-state index contributed by atoms with van der Waals surface area (Å²) in [6, 6.07) is 4.22. The zero-order valence-corrected chi connectivity index (χ0v) is 8.08. The van der Waals surface area contributed by atoms with Gasteiger partial charge < -0.3 is 10.5 Å². The largest absolute Gasteiger partial charge is 0.481 e. The Balaban J connectivity index is 3.02. The number of nitrogens with two attached hydrogens (primary N) is 1. The van der Waals surface area contributed by atoms with Crippen molar-refractivity contribution in [2.45, 2.75) is 12.1 Å².